The summed E-state index contributed by atoms with van der Waals surface area (Å²) in [7, 11) is 0. The topological polar surface area (TPSA) is 257 Å². The summed E-state index contributed by atoms with van der Waals surface area (Å²) in [4.78, 5) is 70.2. The lowest BCUT2D eigenvalue weighted by Gasteiger charge is -2.23. The number of carbonyl (C=O) groups excluding carboxylic acids is 4. The van der Waals surface area contributed by atoms with Gasteiger partial charge in [0.15, 0.2) is 0 Å². The Kier molecular flexibility index (Phi) is 13.6. The molecule has 182 valence electrons. The molecule has 0 saturated heterocycles. The van der Waals surface area contributed by atoms with Gasteiger partial charge < -0.3 is 43.4 Å². The van der Waals surface area contributed by atoms with E-state index >= 15 is 0 Å². The number of aliphatic carboxylic acids is 2. The Morgan fingerprint density at radius 2 is 1.34 bits per heavy atom. The first-order chi connectivity index (χ1) is 14.9. The Balaban J connectivity index is 5.21. The minimum absolute atomic E-state index is 0.112. The van der Waals surface area contributed by atoms with Gasteiger partial charge >= 0.3 is 11.9 Å². The summed E-state index contributed by atoms with van der Waals surface area (Å²) in [5.41, 5.74) is 15.8. The largest absolute Gasteiger partial charge is 0.481 e. The van der Waals surface area contributed by atoms with Gasteiger partial charge in [-0.2, -0.15) is 12.6 Å². The fourth-order valence-corrected chi connectivity index (χ4v) is 2.72. The van der Waals surface area contributed by atoms with E-state index in [1.807, 2.05) is 0 Å². The molecule has 0 radical (unpaired) electrons. The molecule has 0 heterocycles. The Hall–Kier alpha value is -2.91. The van der Waals surface area contributed by atoms with Crippen molar-refractivity contribution in [3.63, 3.8) is 0 Å². The van der Waals surface area contributed by atoms with Crippen molar-refractivity contribution in [1.29, 1.82) is 0 Å². The monoisotopic (exact) mass is 478 g/mol. The van der Waals surface area contributed by atoms with E-state index in [0.29, 0.717) is 19.4 Å². The molecule has 0 rings (SSSR count). The van der Waals surface area contributed by atoms with Crippen LogP contribution in [0.3, 0.4) is 0 Å². The van der Waals surface area contributed by atoms with Gasteiger partial charge in [0.05, 0.1) is 18.9 Å². The molecule has 32 heavy (non-hydrogen) atoms. The maximum Gasteiger partial charge on any atom is 0.326 e. The molecule has 0 aromatic heterocycles. The SMILES string of the molecule is NCCCCC(NC(=O)C(CS)NC(=O)C(CC(=O)O)NC(=O)C(N)CC(N)=O)C(=O)O. The summed E-state index contributed by atoms with van der Waals surface area (Å²) in [6, 6.07) is -5.59. The normalized spacial score (nSPS) is 14.3. The van der Waals surface area contributed by atoms with Crippen LogP contribution in [-0.2, 0) is 28.8 Å². The van der Waals surface area contributed by atoms with Crippen LogP contribution in [0.4, 0.5) is 0 Å². The predicted molar refractivity (Wildman–Crippen MR) is 114 cm³/mol. The number of rotatable bonds is 16. The molecule has 0 aliphatic carbocycles. The van der Waals surface area contributed by atoms with Crippen LogP contribution in [0.2, 0.25) is 0 Å². The zero-order valence-corrected chi connectivity index (χ0v) is 18.2. The van der Waals surface area contributed by atoms with E-state index in [2.05, 4.69) is 28.6 Å². The first-order valence-electron chi connectivity index (χ1n) is 9.63. The van der Waals surface area contributed by atoms with Crippen molar-refractivity contribution in [2.24, 2.45) is 17.2 Å². The van der Waals surface area contributed by atoms with Gasteiger partial charge in [0.2, 0.25) is 23.6 Å². The fraction of sp³-hybridized carbons (Fsp3) is 0.647. The standard InChI is InChI=1S/C17H30N6O8S/c18-4-2-1-3-9(17(30)31)21-16(29)11(7-32)23-15(28)10(6-13(25)26)22-14(27)8(19)5-12(20)24/h8-11,32H,1-7,18-19H2,(H2,20,24)(H,21,29)(H,22,27)(H,23,28)(H,25,26)(H,30,31). The minimum Gasteiger partial charge on any atom is -0.481 e. The van der Waals surface area contributed by atoms with Crippen LogP contribution >= 0.6 is 12.6 Å². The summed E-state index contributed by atoms with van der Waals surface area (Å²) >= 11 is 3.95. The Morgan fingerprint density at radius 1 is 0.812 bits per heavy atom. The van der Waals surface area contributed by atoms with E-state index in [9.17, 15) is 33.9 Å². The molecule has 4 atom stereocenters. The van der Waals surface area contributed by atoms with E-state index in [0.717, 1.165) is 0 Å². The fourth-order valence-electron chi connectivity index (χ4n) is 2.46. The molecular weight excluding hydrogens is 448 g/mol. The molecule has 15 heteroatoms. The van der Waals surface area contributed by atoms with E-state index in [1.165, 1.54) is 0 Å². The van der Waals surface area contributed by atoms with E-state index < -0.39 is 72.6 Å². The molecule has 0 aromatic rings. The van der Waals surface area contributed by atoms with Crippen molar-refractivity contribution < 1.29 is 39.0 Å². The summed E-state index contributed by atoms with van der Waals surface area (Å²) in [6.07, 6.45) is -0.264. The highest BCUT2D eigenvalue weighted by atomic mass is 32.1. The number of amides is 4. The summed E-state index contributed by atoms with van der Waals surface area (Å²) in [6.45, 7) is 0.357. The molecule has 4 amide bonds. The smallest absolute Gasteiger partial charge is 0.326 e. The third kappa shape index (κ3) is 11.5. The molecule has 0 aliphatic heterocycles. The van der Waals surface area contributed by atoms with Crippen molar-refractivity contribution in [1.82, 2.24) is 16.0 Å². The summed E-state index contributed by atoms with van der Waals surface area (Å²) in [5, 5.41) is 24.8. The number of unbranched alkanes of at least 4 members (excludes halogenated alkanes) is 1. The van der Waals surface area contributed by atoms with Gasteiger partial charge in [-0.1, -0.05) is 0 Å². The van der Waals surface area contributed by atoms with Crippen molar-refractivity contribution >= 4 is 48.2 Å². The molecule has 0 bridgehead atoms. The first-order valence-corrected chi connectivity index (χ1v) is 10.3. The average molecular weight is 479 g/mol. The number of carboxylic acid groups (broad SMARTS) is 2. The second kappa shape index (κ2) is 15.0. The molecule has 0 spiro atoms. The van der Waals surface area contributed by atoms with Gasteiger partial charge in [-0.25, -0.2) is 4.79 Å². The maximum absolute atomic E-state index is 12.5. The highest BCUT2D eigenvalue weighted by Gasteiger charge is 2.31. The van der Waals surface area contributed by atoms with E-state index in [4.69, 9.17) is 22.3 Å². The quantitative estimate of drug-likeness (QED) is 0.0773. The van der Waals surface area contributed by atoms with Gasteiger partial charge in [-0.05, 0) is 25.8 Å². The van der Waals surface area contributed by atoms with Crippen LogP contribution in [-0.4, -0.2) is 82.2 Å². The van der Waals surface area contributed by atoms with Crippen LogP contribution in [0.5, 0.6) is 0 Å². The molecule has 11 N–H and O–H groups in total. The first kappa shape index (κ1) is 29.1. The summed E-state index contributed by atoms with van der Waals surface area (Å²) < 4.78 is 0. The maximum atomic E-state index is 12.5. The summed E-state index contributed by atoms with van der Waals surface area (Å²) in [5.74, 6) is -6.75. The number of hydrogen-bond acceptors (Lipinski definition) is 9. The molecule has 0 aliphatic rings. The highest BCUT2D eigenvalue weighted by Crippen LogP contribution is 2.03. The van der Waals surface area contributed by atoms with Gasteiger partial charge in [0.1, 0.15) is 18.1 Å². The molecular formula is C17H30N6O8S. The molecule has 0 saturated carbocycles. The van der Waals surface area contributed by atoms with Crippen LogP contribution in [0, 0.1) is 0 Å². The number of nitrogens with two attached hydrogens (primary N) is 3. The van der Waals surface area contributed by atoms with Crippen LogP contribution < -0.4 is 33.2 Å². The zero-order valence-electron chi connectivity index (χ0n) is 17.3. The van der Waals surface area contributed by atoms with Gasteiger partial charge in [-0.3, -0.25) is 24.0 Å². The highest BCUT2D eigenvalue weighted by molar-refractivity contribution is 7.80. The third-order valence-electron chi connectivity index (χ3n) is 4.15. The lowest BCUT2D eigenvalue weighted by Crippen LogP contribution is -2.58. The second-order valence-corrected chi connectivity index (χ2v) is 7.23. The average Bonchev–Trinajstić information content (AvgIpc) is 2.69. The van der Waals surface area contributed by atoms with E-state index in [-0.39, 0.29) is 12.2 Å². The second-order valence-electron chi connectivity index (χ2n) is 6.86. The van der Waals surface area contributed by atoms with Crippen LogP contribution in [0.25, 0.3) is 0 Å². The van der Waals surface area contributed by atoms with Crippen molar-refractivity contribution in [2.75, 3.05) is 12.3 Å². The third-order valence-corrected chi connectivity index (χ3v) is 4.51. The van der Waals surface area contributed by atoms with Crippen molar-refractivity contribution in [3.8, 4) is 0 Å². The lowest BCUT2D eigenvalue weighted by molar-refractivity contribution is -0.143. The van der Waals surface area contributed by atoms with Crippen LogP contribution in [0.1, 0.15) is 32.1 Å². The molecule has 14 nitrogen and oxygen atoms in total. The van der Waals surface area contributed by atoms with Crippen LogP contribution in [0.15, 0.2) is 0 Å². The minimum atomic E-state index is -1.63. The number of carbonyl (C=O) groups is 6. The van der Waals surface area contributed by atoms with E-state index in [1.54, 1.807) is 0 Å². The Morgan fingerprint density at radius 3 is 1.81 bits per heavy atom. The van der Waals surface area contributed by atoms with Crippen molar-refractivity contribution in [3.05, 3.63) is 0 Å². The lowest BCUT2D eigenvalue weighted by atomic mass is 10.1. The van der Waals surface area contributed by atoms with Gasteiger partial charge in [0, 0.05) is 5.75 Å². The Bertz CT molecular complexity index is 707. The number of nitrogens with one attached hydrogen (secondary N) is 3. The number of hydrogen-bond donors (Lipinski definition) is 9. The Labute approximate surface area is 189 Å². The molecule has 0 aromatic carbocycles. The van der Waals surface area contributed by atoms with Gasteiger partial charge in [-0.15, -0.1) is 0 Å². The number of primary amides is 1. The zero-order chi connectivity index (χ0) is 24.8. The van der Waals surface area contributed by atoms with Crippen molar-refractivity contribution in [2.45, 2.75) is 56.3 Å². The molecule has 4 unspecified atom stereocenters. The molecule has 0 fully saturated rings. The van der Waals surface area contributed by atoms with Gasteiger partial charge in [0.25, 0.3) is 0 Å². The number of carboxylic acids is 2. The number of thiol groups is 1. The predicted octanol–water partition coefficient (Wildman–Crippen LogP) is -3.74.